The van der Waals surface area contributed by atoms with Crippen LogP contribution >= 0.6 is 11.6 Å². The molecule has 3 aromatic heterocycles. The van der Waals surface area contributed by atoms with Gasteiger partial charge in [0.15, 0.2) is 0 Å². The number of aromatic amines is 1. The summed E-state index contributed by atoms with van der Waals surface area (Å²) >= 11 is 5.66. The molecule has 0 spiro atoms. The highest BCUT2D eigenvalue weighted by atomic mass is 35.5. The summed E-state index contributed by atoms with van der Waals surface area (Å²) in [7, 11) is 0. The average Bonchev–Trinajstić information content (AvgIpc) is 3.53. The summed E-state index contributed by atoms with van der Waals surface area (Å²) in [4.78, 5) is 27.9. The molecule has 1 aromatic carbocycles. The van der Waals surface area contributed by atoms with Crippen molar-refractivity contribution in [1.82, 2.24) is 34.5 Å². The molecule has 5 rings (SSSR count). The van der Waals surface area contributed by atoms with E-state index in [1.807, 2.05) is 12.3 Å². The Labute approximate surface area is 209 Å². The Hall–Kier alpha value is -3.88. The molecule has 1 unspecified atom stereocenters. The summed E-state index contributed by atoms with van der Waals surface area (Å²) in [6.45, 7) is 2.12. The predicted molar refractivity (Wildman–Crippen MR) is 128 cm³/mol. The number of hydrogen-bond donors (Lipinski definition) is 1. The van der Waals surface area contributed by atoms with E-state index in [0.717, 1.165) is 34.4 Å². The van der Waals surface area contributed by atoms with E-state index in [9.17, 15) is 18.8 Å². The number of nitrogens with one attached hydrogen (secondary N) is 1. The number of hydrogen-bond acceptors (Lipinski definition) is 6. The highest BCUT2D eigenvalue weighted by Crippen LogP contribution is 2.26. The van der Waals surface area contributed by atoms with Crippen molar-refractivity contribution in [2.24, 2.45) is 0 Å². The lowest BCUT2D eigenvalue weighted by Gasteiger charge is -2.36. The van der Waals surface area contributed by atoms with Crippen molar-refractivity contribution in [3.05, 3.63) is 65.3 Å². The fourth-order valence-corrected chi connectivity index (χ4v) is 4.64. The summed E-state index contributed by atoms with van der Waals surface area (Å²) in [5.74, 6) is -2.65. The maximum atomic E-state index is 14.2. The Morgan fingerprint density at radius 2 is 1.94 bits per heavy atom. The molecule has 1 amide bonds. The molecule has 1 aliphatic rings. The van der Waals surface area contributed by atoms with Crippen LogP contribution in [0.4, 0.5) is 8.78 Å². The van der Waals surface area contributed by atoms with Gasteiger partial charge in [0.2, 0.25) is 0 Å². The predicted octanol–water partition coefficient (Wildman–Crippen LogP) is 3.67. The van der Waals surface area contributed by atoms with Gasteiger partial charge in [0.1, 0.15) is 29.2 Å². The lowest BCUT2D eigenvalue weighted by molar-refractivity contribution is 0.0608. The van der Waals surface area contributed by atoms with Gasteiger partial charge in [-0.25, -0.2) is 18.7 Å². The van der Waals surface area contributed by atoms with Crippen molar-refractivity contribution < 1.29 is 13.6 Å². The Bertz CT molecular complexity index is 1430. The Morgan fingerprint density at radius 1 is 1.19 bits per heavy atom. The quantitative estimate of drug-likeness (QED) is 0.424. The summed E-state index contributed by atoms with van der Waals surface area (Å²) in [6.07, 6.45) is 7.10. The van der Waals surface area contributed by atoms with Gasteiger partial charge in [0.05, 0.1) is 30.4 Å². The molecule has 12 heteroatoms. The zero-order valence-corrected chi connectivity index (χ0v) is 19.8. The van der Waals surface area contributed by atoms with E-state index in [1.165, 1.54) is 11.2 Å². The van der Waals surface area contributed by atoms with Crippen LogP contribution in [0.2, 0.25) is 5.02 Å². The second-order valence-electron chi connectivity index (χ2n) is 8.52. The number of rotatable bonds is 6. The van der Waals surface area contributed by atoms with Crippen LogP contribution in [0.1, 0.15) is 22.8 Å². The van der Waals surface area contributed by atoms with Crippen LogP contribution in [0.5, 0.6) is 0 Å². The number of amides is 1. The van der Waals surface area contributed by atoms with Gasteiger partial charge >= 0.3 is 0 Å². The molecule has 0 aliphatic carbocycles. The number of carbonyl (C=O) groups excluding carboxylic acids is 1. The van der Waals surface area contributed by atoms with E-state index in [-0.39, 0.29) is 17.5 Å². The number of H-pyrrole nitrogens is 1. The first kappa shape index (κ1) is 23.8. The molecule has 184 valence electrons. The molecule has 4 aromatic rings. The van der Waals surface area contributed by atoms with E-state index in [0.29, 0.717) is 32.7 Å². The van der Waals surface area contributed by atoms with Gasteiger partial charge in [-0.15, -0.1) is 0 Å². The molecule has 1 saturated heterocycles. The maximum Gasteiger partial charge on any atom is 0.259 e. The minimum atomic E-state index is -0.975. The van der Waals surface area contributed by atoms with Gasteiger partial charge in [0.25, 0.3) is 5.91 Å². The fraction of sp³-hybridized carbons (Fsp3) is 0.292. The molecule has 0 radical (unpaired) electrons. The van der Waals surface area contributed by atoms with Crippen molar-refractivity contribution in [3.63, 3.8) is 0 Å². The molecule has 1 atom stereocenters. The normalized spacial score (nSPS) is 15.2. The average molecular weight is 511 g/mol. The second-order valence-corrected chi connectivity index (χ2v) is 8.96. The number of halogens is 3. The Balaban J connectivity index is 1.26. The lowest BCUT2D eigenvalue weighted by atomic mass is 10.1. The molecule has 4 heterocycles. The van der Waals surface area contributed by atoms with Gasteiger partial charge in [-0.1, -0.05) is 11.6 Å². The minimum absolute atomic E-state index is 0.103. The summed E-state index contributed by atoms with van der Waals surface area (Å²) in [5, 5.41) is 14.7. The first-order valence-electron chi connectivity index (χ1n) is 11.3. The van der Waals surface area contributed by atoms with Gasteiger partial charge in [-0.2, -0.15) is 10.4 Å². The standard InChI is InChI=1S/C24H21ClF2N8O/c25-16-9-19(26)21(20(27)10-16)24(36)34-7-5-33(6-8-34)13-17(1-3-28)35-12-15(11-32-35)22-18-2-4-29-23(18)31-14-30-22/h2,4,9-12,14,17H,1,5-8,13H2,(H,29,30,31). The number of piperazine rings is 1. The largest absolute Gasteiger partial charge is 0.346 e. The van der Waals surface area contributed by atoms with Crippen LogP contribution in [-0.2, 0) is 0 Å². The third-order valence-corrected chi connectivity index (χ3v) is 6.50. The first-order valence-corrected chi connectivity index (χ1v) is 11.7. The molecule has 1 aliphatic heterocycles. The first-order chi connectivity index (χ1) is 17.4. The molecular weight excluding hydrogens is 490 g/mol. The van der Waals surface area contributed by atoms with Crippen LogP contribution in [0.15, 0.2) is 43.1 Å². The highest BCUT2D eigenvalue weighted by molar-refractivity contribution is 6.30. The lowest BCUT2D eigenvalue weighted by Crippen LogP contribution is -2.50. The van der Waals surface area contributed by atoms with Gasteiger partial charge in [-0.3, -0.25) is 14.4 Å². The van der Waals surface area contributed by atoms with Crippen molar-refractivity contribution in [1.29, 1.82) is 5.26 Å². The monoisotopic (exact) mass is 510 g/mol. The Kier molecular flexibility index (Phi) is 6.63. The van der Waals surface area contributed by atoms with Crippen LogP contribution in [0, 0.1) is 23.0 Å². The van der Waals surface area contributed by atoms with E-state index >= 15 is 0 Å². The van der Waals surface area contributed by atoms with Gasteiger partial charge < -0.3 is 9.88 Å². The smallest absolute Gasteiger partial charge is 0.259 e. The van der Waals surface area contributed by atoms with Crippen molar-refractivity contribution in [2.45, 2.75) is 12.5 Å². The van der Waals surface area contributed by atoms with E-state index in [4.69, 9.17) is 11.6 Å². The van der Waals surface area contributed by atoms with Crippen molar-refractivity contribution >= 4 is 28.5 Å². The third-order valence-electron chi connectivity index (χ3n) is 6.28. The number of aromatic nitrogens is 5. The molecule has 0 bridgehead atoms. The van der Waals surface area contributed by atoms with Gasteiger partial charge in [-0.05, 0) is 18.2 Å². The fourth-order valence-electron chi connectivity index (χ4n) is 4.45. The maximum absolute atomic E-state index is 14.2. The van der Waals surface area contributed by atoms with Crippen LogP contribution < -0.4 is 0 Å². The van der Waals surface area contributed by atoms with Crippen LogP contribution in [0.3, 0.4) is 0 Å². The summed E-state index contributed by atoms with van der Waals surface area (Å²) in [5.41, 5.74) is 1.69. The third kappa shape index (κ3) is 4.65. The number of carbonyl (C=O) groups is 1. The molecule has 1 N–H and O–H groups in total. The van der Waals surface area contributed by atoms with Crippen molar-refractivity contribution in [2.75, 3.05) is 32.7 Å². The number of benzene rings is 1. The SMILES string of the molecule is N#CCC(CN1CCN(C(=O)c2c(F)cc(Cl)cc2F)CC1)n1cc(-c2ncnc3[nH]ccc23)cn1. The number of nitrogens with zero attached hydrogens (tertiary/aromatic N) is 7. The number of fused-ring (bicyclic) bond motifs is 1. The van der Waals surface area contributed by atoms with Crippen LogP contribution in [-0.4, -0.2) is 73.2 Å². The van der Waals surface area contributed by atoms with E-state index in [2.05, 4.69) is 31.0 Å². The van der Waals surface area contributed by atoms with Crippen LogP contribution in [0.25, 0.3) is 22.3 Å². The van der Waals surface area contributed by atoms with E-state index < -0.39 is 23.1 Å². The zero-order valence-electron chi connectivity index (χ0n) is 19.0. The highest BCUT2D eigenvalue weighted by Gasteiger charge is 2.28. The zero-order chi connectivity index (χ0) is 25.2. The molecule has 36 heavy (non-hydrogen) atoms. The topological polar surface area (TPSA) is 107 Å². The molecular formula is C24H21ClF2N8O. The molecule has 0 saturated carbocycles. The minimum Gasteiger partial charge on any atom is -0.346 e. The second kappa shape index (κ2) is 10.0. The molecule has 9 nitrogen and oxygen atoms in total. The van der Waals surface area contributed by atoms with E-state index in [1.54, 1.807) is 17.1 Å². The number of nitriles is 1. The van der Waals surface area contributed by atoms with Gasteiger partial charge in [0, 0.05) is 61.1 Å². The Morgan fingerprint density at radius 3 is 2.67 bits per heavy atom. The summed E-state index contributed by atoms with van der Waals surface area (Å²) < 4.78 is 30.2. The van der Waals surface area contributed by atoms with Crippen molar-refractivity contribution in [3.8, 4) is 17.3 Å². The molecule has 1 fully saturated rings. The summed E-state index contributed by atoms with van der Waals surface area (Å²) in [6, 6.07) is 5.76.